The number of aryl methyl sites for hydroxylation is 1. The van der Waals surface area contributed by atoms with E-state index in [1.807, 2.05) is 30.3 Å². The van der Waals surface area contributed by atoms with Crippen molar-refractivity contribution in [3.8, 4) is 0 Å². The van der Waals surface area contributed by atoms with Crippen molar-refractivity contribution in [2.45, 2.75) is 63.4 Å². The first-order valence-electron chi connectivity index (χ1n) is 11.1. The second-order valence-electron chi connectivity index (χ2n) is 8.20. The van der Waals surface area contributed by atoms with Gasteiger partial charge in [-0.25, -0.2) is 4.79 Å². The van der Waals surface area contributed by atoms with Gasteiger partial charge in [0.1, 0.15) is 12.1 Å². The molecule has 1 unspecified atom stereocenters. The Balaban J connectivity index is 1.68. The number of carboxylic acid groups (broad SMARTS) is 1. The van der Waals surface area contributed by atoms with Gasteiger partial charge in [-0.15, -0.1) is 0 Å². The summed E-state index contributed by atoms with van der Waals surface area (Å²) in [6.07, 6.45) is 1.88. The fourth-order valence-electron chi connectivity index (χ4n) is 4.21. The zero-order valence-electron chi connectivity index (χ0n) is 18.6. The van der Waals surface area contributed by atoms with Gasteiger partial charge in [0.25, 0.3) is 0 Å². The Kier molecular flexibility index (Phi) is 8.22. The van der Waals surface area contributed by atoms with Gasteiger partial charge >= 0.3 is 11.9 Å². The predicted octanol–water partition coefficient (Wildman–Crippen LogP) is 1.35. The summed E-state index contributed by atoms with van der Waals surface area (Å²) < 4.78 is 16.7. The van der Waals surface area contributed by atoms with Gasteiger partial charge in [0.15, 0.2) is 5.79 Å². The fraction of sp³-hybridized carbons (Fsp3) is 0.609. The second-order valence-corrected chi connectivity index (χ2v) is 8.20. The molecule has 1 aromatic carbocycles. The maximum atomic E-state index is 13.2. The van der Waals surface area contributed by atoms with E-state index in [1.165, 1.54) is 4.90 Å². The molecule has 32 heavy (non-hydrogen) atoms. The van der Waals surface area contributed by atoms with E-state index < -0.39 is 41.8 Å². The second kappa shape index (κ2) is 10.9. The van der Waals surface area contributed by atoms with Crippen LogP contribution in [0.1, 0.15) is 38.7 Å². The third-order valence-electron chi connectivity index (χ3n) is 5.84. The number of carbonyl (C=O) groups excluding carboxylic acids is 2. The van der Waals surface area contributed by atoms with Crippen molar-refractivity contribution in [3.63, 3.8) is 0 Å². The van der Waals surface area contributed by atoms with Crippen LogP contribution >= 0.6 is 0 Å². The SMILES string of the molecule is CCOC(=O)C(CCc1ccccc1)N[C@@H](C)C(=O)N1CC2(C[C@H]1C(=O)O)OCCCO2. The van der Waals surface area contributed by atoms with Crippen LogP contribution in [0, 0.1) is 0 Å². The first-order chi connectivity index (χ1) is 15.3. The van der Waals surface area contributed by atoms with Crippen LogP contribution in [0.4, 0.5) is 0 Å². The molecule has 0 saturated carbocycles. The van der Waals surface area contributed by atoms with E-state index in [9.17, 15) is 19.5 Å². The number of amides is 1. The number of nitrogens with one attached hydrogen (secondary N) is 1. The molecular formula is C23H32N2O7. The predicted molar refractivity (Wildman–Crippen MR) is 115 cm³/mol. The molecule has 1 spiro atoms. The minimum absolute atomic E-state index is 0.0446. The van der Waals surface area contributed by atoms with Crippen molar-refractivity contribution in [2.24, 2.45) is 0 Å². The lowest BCUT2D eigenvalue weighted by molar-refractivity contribution is -0.257. The molecule has 2 aliphatic heterocycles. The number of benzene rings is 1. The molecule has 2 heterocycles. The maximum absolute atomic E-state index is 13.2. The van der Waals surface area contributed by atoms with Crippen molar-refractivity contribution in [2.75, 3.05) is 26.4 Å². The minimum Gasteiger partial charge on any atom is -0.480 e. The first kappa shape index (κ1) is 24.2. The molecule has 2 saturated heterocycles. The molecule has 0 bridgehead atoms. The number of nitrogens with zero attached hydrogens (tertiary/aromatic N) is 1. The molecule has 0 aromatic heterocycles. The quantitative estimate of drug-likeness (QED) is 0.544. The molecule has 9 heteroatoms. The number of hydrogen-bond donors (Lipinski definition) is 2. The zero-order chi connectivity index (χ0) is 23.1. The van der Waals surface area contributed by atoms with Gasteiger partial charge in [0.2, 0.25) is 5.91 Å². The van der Waals surface area contributed by atoms with Crippen LogP contribution in [0.25, 0.3) is 0 Å². The summed E-state index contributed by atoms with van der Waals surface area (Å²) in [5.41, 5.74) is 1.07. The number of likely N-dealkylation sites (tertiary alicyclic amines) is 1. The average Bonchev–Trinajstić information content (AvgIpc) is 3.16. The van der Waals surface area contributed by atoms with E-state index in [0.29, 0.717) is 26.1 Å². The molecule has 1 amide bonds. The zero-order valence-corrected chi connectivity index (χ0v) is 18.6. The Hall–Kier alpha value is -2.49. The highest BCUT2D eigenvalue weighted by molar-refractivity contribution is 5.88. The van der Waals surface area contributed by atoms with E-state index in [0.717, 1.165) is 12.0 Å². The molecule has 0 radical (unpaired) electrons. The summed E-state index contributed by atoms with van der Waals surface area (Å²) in [5.74, 6) is -3.04. The molecular weight excluding hydrogens is 416 g/mol. The lowest BCUT2D eigenvalue weighted by Gasteiger charge is -2.33. The average molecular weight is 449 g/mol. The highest BCUT2D eigenvalue weighted by atomic mass is 16.7. The Morgan fingerprint density at radius 1 is 1.25 bits per heavy atom. The highest BCUT2D eigenvalue weighted by Gasteiger charge is 2.52. The van der Waals surface area contributed by atoms with E-state index in [4.69, 9.17) is 14.2 Å². The van der Waals surface area contributed by atoms with Crippen LogP contribution < -0.4 is 5.32 Å². The molecule has 2 aliphatic rings. The summed E-state index contributed by atoms with van der Waals surface area (Å²) in [6, 6.07) is 7.20. The van der Waals surface area contributed by atoms with Gasteiger partial charge in [0.05, 0.1) is 32.4 Å². The van der Waals surface area contributed by atoms with Gasteiger partial charge in [-0.3, -0.25) is 14.9 Å². The monoisotopic (exact) mass is 448 g/mol. The summed E-state index contributed by atoms with van der Waals surface area (Å²) >= 11 is 0. The molecule has 0 aliphatic carbocycles. The molecule has 3 atom stereocenters. The number of esters is 1. The van der Waals surface area contributed by atoms with Crippen molar-refractivity contribution >= 4 is 17.8 Å². The Bertz CT molecular complexity index is 795. The fourth-order valence-corrected chi connectivity index (χ4v) is 4.21. The van der Waals surface area contributed by atoms with Crippen LogP contribution in [0.5, 0.6) is 0 Å². The van der Waals surface area contributed by atoms with Gasteiger partial charge in [-0.05, 0) is 38.7 Å². The van der Waals surface area contributed by atoms with E-state index >= 15 is 0 Å². The normalized spacial score (nSPS) is 21.8. The van der Waals surface area contributed by atoms with Crippen LogP contribution in [0.3, 0.4) is 0 Å². The standard InChI is InChI=1S/C23H32N2O7/c1-3-30-22(29)18(11-10-17-8-5-4-6-9-17)24-16(2)20(26)25-15-23(14-19(25)21(27)28)31-12-7-13-32-23/h4-6,8-9,16,18-19,24H,3,7,10-15H2,1-2H3,(H,27,28)/t16-,18?,19-/m0/s1. The Labute approximate surface area is 188 Å². The third-order valence-corrected chi connectivity index (χ3v) is 5.84. The third kappa shape index (κ3) is 5.85. The van der Waals surface area contributed by atoms with Crippen LogP contribution in [-0.2, 0) is 35.0 Å². The number of rotatable bonds is 9. The van der Waals surface area contributed by atoms with Crippen molar-refractivity contribution in [1.29, 1.82) is 0 Å². The van der Waals surface area contributed by atoms with Crippen LogP contribution in [0.2, 0.25) is 0 Å². The number of aliphatic carboxylic acids is 1. The lowest BCUT2D eigenvalue weighted by Crippen LogP contribution is -2.54. The number of carboxylic acids is 1. The number of hydrogen-bond acceptors (Lipinski definition) is 7. The van der Waals surface area contributed by atoms with Gasteiger partial charge < -0.3 is 24.2 Å². The first-order valence-corrected chi connectivity index (χ1v) is 11.1. The molecule has 3 rings (SSSR count). The van der Waals surface area contributed by atoms with Gasteiger partial charge in [0, 0.05) is 6.42 Å². The van der Waals surface area contributed by atoms with Crippen molar-refractivity contribution < 1.29 is 33.7 Å². The number of ether oxygens (including phenoxy) is 3. The minimum atomic E-state index is -1.11. The summed E-state index contributed by atoms with van der Waals surface area (Å²) in [7, 11) is 0. The molecule has 2 fully saturated rings. The molecule has 176 valence electrons. The topological polar surface area (TPSA) is 114 Å². The van der Waals surface area contributed by atoms with Gasteiger partial charge in [-0.2, -0.15) is 0 Å². The van der Waals surface area contributed by atoms with Crippen LogP contribution in [0.15, 0.2) is 30.3 Å². The van der Waals surface area contributed by atoms with Crippen molar-refractivity contribution in [1.82, 2.24) is 10.2 Å². The molecule has 2 N–H and O–H groups in total. The van der Waals surface area contributed by atoms with Gasteiger partial charge in [-0.1, -0.05) is 30.3 Å². The molecule has 1 aromatic rings. The molecule has 9 nitrogen and oxygen atoms in total. The van der Waals surface area contributed by atoms with E-state index in [1.54, 1.807) is 13.8 Å². The largest absolute Gasteiger partial charge is 0.480 e. The summed E-state index contributed by atoms with van der Waals surface area (Å²) in [4.78, 5) is 38.9. The lowest BCUT2D eigenvalue weighted by atomic mass is 10.0. The Morgan fingerprint density at radius 2 is 1.94 bits per heavy atom. The van der Waals surface area contributed by atoms with Crippen LogP contribution in [-0.4, -0.2) is 78.1 Å². The Morgan fingerprint density at radius 3 is 2.56 bits per heavy atom. The van der Waals surface area contributed by atoms with Crippen molar-refractivity contribution in [3.05, 3.63) is 35.9 Å². The summed E-state index contributed by atoms with van der Waals surface area (Å²) in [5, 5.41) is 12.7. The summed E-state index contributed by atoms with van der Waals surface area (Å²) in [6.45, 7) is 4.56. The highest BCUT2D eigenvalue weighted by Crippen LogP contribution is 2.34. The number of carbonyl (C=O) groups is 3. The van der Waals surface area contributed by atoms with E-state index in [2.05, 4.69) is 5.32 Å². The maximum Gasteiger partial charge on any atom is 0.326 e. The smallest absolute Gasteiger partial charge is 0.326 e. The van der Waals surface area contributed by atoms with E-state index in [-0.39, 0.29) is 19.6 Å².